The van der Waals surface area contributed by atoms with Crippen LogP contribution in [0, 0.1) is 0 Å². The minimum absolute atomic E-state index is 0.161. The van der Waals surface area contributed by atoms with E-state index in [1.165, 1.54) is 48.5 Å². The summed E-state index contributed by atoms with van der Waals surface area (Å²) in [6.07, 6.45) is 0. The lowest BCUT2D eigenvalue weighted by atomic mass is 9.78. The fourth-order valence-corrected chi connectivity index (χ4v) is 7.97. The van der Waals surface area contributed by atoms with E-state index >= 15 is 0 Å². The minimum Gasteiger partial charge on any atom is -0.457 e. The molecule has 0 fully saturated rings. The van der Waals surface area contributed by atoms with Gasteiger partial charge in [-0.2, -0.15) is 0 Å². The van der Waals surface area contributed by atoms with Crippen LogP contribution in [0.4, 0.5) is 0 Å². The molecule has 0 saturated heterocycles. The second-order valence-corrected chi connectivity index (χ2v) is 16.5. The summed E-state index contributed by atoms with van der Waals surface area (Å²) >= 11 is 11.8. The van der Waals surface area contributed by atoms with Crippen LogP contribution in [-0.4, -0.2) is 16.8 Å². The molecule has 0 N–H and O–H groups in total. The molecule has 0 unspecified atom stereocenters. The van der Waals surface area contributed by atoms with E-state index in [0.29, 0.717) is 33.0 Å². The Morgan fingerprint density at radius 3 is 0.878 bits per heavy atom. The van der Waals surface area contributed by atoms with E-state index in [9.17, 15) is 16.8 Å². The predicted octanol–water partition coefficient (Wildman–Crippen LogP) is 10.6. The van der Waals surface area contributed by atoms with Crippen molar-refractivity contribution in [3.05, 3.63) is 167 Å². The van der Waals surface area contributed by atoms with Crippen LogP contribution < -0.4 is 9.47 Å². The molecule has 0 bridgehead atoms. The molecule has 0 heterocycles. The summed E-state index contributed by atoms with van der Waals surface area (Å²) in [5.41, 5.74) is 1.79. The topological polar surface area (TPSA) is 86.7 Å². The lowest BCUT2D eigenvalue weighted by Gasteiger charge is -2.26. The Hall–Kier alpha value is -4.60. The third-order valence-electron chi connectivity index (χ3n) is 8.14. The normalized spacial score (nSPS) is 12.0. The Bertz CT molecular complexity index is 2120. The maximum absolute atomic E-state index is 12.9. The van der Waals surface area contributed by atoms with E-state index < -0.39 is 19.7 Å². The van der Waals surface area contributed by atoms with Gasteiger partial charge in [-0.25, -0.2) is 16.8 Å². The SMILES string of the molecule is CC(C)(c1ccc(Oc2ccc(S(=O)(=O)c3ccc(Cl)cc3)cc2)cc1)c1ccc(Oc2ccc(S(=O)(=O)c3ccc(Cl)cc3)cc2)cc1. The van der Waals surface area contributed by atoms with Crippen molar-refractivity contribution in [2.24, 2.45) is 0 Å². The number of benzene rings is 6. The Morgan fingerprint density at radius 1 is 0.388 bits per heavy atom. The van der Waals surface area contributed by atoms with Gasteiger partial charge < -0.3 is 9.47 Å². The molecule has 0 spiro atoms. The first-order valence-electron chi connectivity index (χ1n) is 15.1. The molecule has 6 nitrogen and oxygen atoms in total. The van der Waals surface area contributed by atoms with Gasteiger partial charge in [-0.15, -0.1) is 0 Å². The van der Waals surface area contributed by atoms with E-state index in [1.54, 1.807) is 48.5 Å². The van der Waals surface area contributed by atoms with E-state index in [0.717, 1.165) is 11.1 Å². The first kappa shape index (κ1) is 34.3. The number of ether oxygens (including phenoxy) is 2. The van der Waals surface area contributed by atoms with Crippen LogP contribution in [0.3, 0.4) is 0 Å². The third kappa shape index (κ3) is 7.53. The average Bonchev–Trinajstić information content (AvgIpc) is 3.10. The van der Waals surface area contributed by atoms with Gasteiger partial charge in [-0.05, 0) is 132 Å². The summed E-state index contributed by atoms with van der Waals surface area (Å²) in [5.74, 6) is 2.25. The zero-order valence-electron chi connectivity index (χ0n) is 26.4. The van der Waals surface area contributed by atoms with E-state index in [-0.39, 0.29) is 25.0 Å². The summed E-state index contributed by atoms with van der Waals surface area (Å²) in [5, 5.41) is 0.932. The van der Waals surface area contributed by atoms with Gasteiger partial charge in [0.25, 0.3) is 0 Å². The van der Waals surface area contributed by atoms with Gasteiger partial charge in [-0.3, -0.25) is 0 Å². The zero-order valence-corrected chi connectivity index (χ0v) is 29.5. The molecule has 0 aromatic heterocycles. The molecule has 10 heteroatoms. The van der Waals surface area contributed by atoms with Crippen LogP contribution in [0.15, 0.2) is 165 Å². The van der Waals surface area contributed by atoms with Crippen molar-refractivity contribution in [1.29, 1.82) is 0 Å². The average molecular weight is 730 g/mol. The fourth-order valence-electron chi connectivity index (χ4n) is 5.19. The minimum atomic E-state index is -3.67. The van der Waals surface area contributed by atoms with Crippen LogP contribution >= 0.6 is 23.2 Å². The summed E-state index contributed by atoms with van der Waals surface area (Å²) in [6.45, 7) is 4.25. The van der Waals surface area contributed by atoms with Crippen molar-refractivity contribution in [2.75, 3.05) is 0 Å². The van der Waals surface area contributed by atoms with Crippen LogP contribution in [0.2, 0.25) is 10.0 Å². The number of rotatable bonds is 10. The number of hydrogen-bond acceptors (Lipinski definition) is 6. The van der Waals surface area contributed by atoms with Gasteiger partial charge in [0.15, 0.2) is 0 Å². The highest BCUT2D eigenvalue weighted by Crippen LogP contribution is 2.35. The molecule has 0 aliphatic carbocycles. The van der Waals surface area contributed by atoms with Gasteiger partial charge in [-0.1, -0.05) is 61.3 Å². The molecule has 49 heavy (non-hydrogen) atoms. The lowest BCUT2D eigenvalue weighted by Crippen LogP contribution is -2.18. The molecule has 6 rings (SSSR count). The first-order valence-corrected chi connectivity index (χ1v) is 18.8. The van der Waals surface area contributed by atoms with Crippen LogP contribution in [0.25, 0.3) is 0 Å². The smallest absolute Gasteiger partial charge is 0.206 e. The van der Waals surface area contributed by atoms with Gasteiger partial charge in [0.1, 0.15) is 23.0 Å². The molecule has 0 aliphatic rings. The number of sulfone groups is 2. The summed E-state index contributed by atoms with van der Waals surface area (Å²) in [7, 11) is -7.35. The molecule has 6 aromatic rings. The zero-order chi connectivity index (χ0) is 34.8. The number of hydrogen-bond donors (Lipinski definition) is 0. The molecule has 0 radical (unpaired) electrons. The molecule has 0 saturated carbocycles. The van der Waals surface area contributed by atoms with Crippen molar-refractivity contribution in [2.45, 2.75) is 38.8 Å². The first-order chi connectivity index (χ1) is 23.3. The standard InChI is InChI=1S/C39H30Cl2O6S2/c1-39(2,27-3-11-31(12-4-27)46-33-15-23-37(24-16-33)48(42,43)35-19-7-29(40)8-20-35)28-5-13-32(14-6-28)47-34-17-25-38(26-18-34)49(44,45)36-21-9-30(41)10-22-36/h3-26H,1-2H3. The molecule has 0 aliphatic heterocycles. The summed E-state index contributed by atoms with van der Waals surface area (Å²) < 4.78 is 63.8. The highest BCUT2D eigenvalue weighted by atomic mass is 35.5. The highest BCUT2D eigenvalue weighted by Gasteiger charge is 2.24. The van der Waals surface area contributed by atoms with E-state index in [1.807, 2.05) is 48.5 Å². The third-order valence-corrected chi connectivity index (χ3v) is 12.2. The monoisotopic (exact) mass is 728 g/mol. The van der Waals surface area contributed by atoms with Gasteiger partial charge in [0.2, 0.25) is 19.7 Å². The van der Waals surface area contributed by atoms with Gasteiger partial charge in [0, 0.05) is 15.5 Å². The maximum Gasteiger partial charge on any atom is 0.206 e. The molecule has 6 aromatic carbocycles. The van der Waals surface area contributed by atoms with Gasteiger partial charge in [0.05, 0.1) is 19.6 Å². The van der Waals surface area contributed by atoms with Crippen molar-refractivity contribution < 1.29 is 26.3 Å². The molecule has 0 atom stereocenters. The van der Waals surface area contributed by atoms with Crippen molar-refractivity contribution in [3.63, 3.8) is 0 Å². The van der Waals surface area contributed by atoms with Gasteiger partial charge >= 0.3 is 0 Å². The number of halogens is 2. The van der Waals surface area contributed by atoms with Crippen LogP contribution in [0.5, 0.6) is 23.0 Å². The van der Waals surface area contributed by atoms with E-state index in [4.69, 9.17) is 32.7 Å². The predicted molar refractivity (Wildman–Crippen MR) is 192 cm³/mol. The molecular formula is C39H30Cl2O6S2. The highest BCUT2D eigenvalue weighted by molar-refractivity contribution is 7.91. The Morgan fingerprint density at radius 2 is 0.612 bits per heavy atom. The van der Waals surface area contributed by atoms with E-state index in [2.05, 4.69) is 13.8 Å². The quantitative estimate of drug-likeness (QED) is 0.140. The fraction of sp³-hybridized carbons (Fsp3) is 0.0769. The van der Waals surface area contributed by atoms with Crippen LogP contribution in [-0.2, 0) is 25.1 Å². The Labute approximate surface area is 296 Å². The lowest BCUT2D eigenvalue weighted by molar-refractivity contribution is 0.480. The second kappa shape index (κ2) is 13.7. The summed E-state index contributed by atoms with van der Waals surface area (Å²) in [4.78, 5) is 0.659. The molecule has 248 valence electrons. The second-order valence-electron chi connectivity index (χ2n) is 11.7. The maximum atomic E-state index is 12.9. The van der Waals surface area contributed by atoms with Crippen LogP contribution in [0.1, 0.15) is 25.0 Å². The Kier molecular flexibility index (Phi) is 9.60. The largest absolute Gasteiger partial charge is 0.457 e. The Balaban J connectivity index is 1.09. The van der Waals surface area contributed by atoms with Crippen molar-refractivity contribution in [3.8, 4) is 23.0 Å². The van der Waals surface area contributed by atoms with Crippen molar-refractivity contribution >= 4 is 42.9 Å². The molecule has 0 amide bonds. The molecular weight excluding hydrogens is 699 g/mol. The van der Waals surface area contributed by atoms with Crippen molar-refractivity contribution in [1.82, 2.24) is 0 Å². The summed E-state index contributed by atoms with van der Waals surface area (Å²) in [6, 6.07) is 40.2.